The zero-order valence-corrected chi connectivity index (χ0v) is 25.9. The summed E-state index contributed by atoms with van der Waals surface area (Å²) < 4.78 is 0. The van der Waals surface area contributed by atoms with Gasteiger partial charge in [-0.2, -0.15) is 0 Å². The van der Waals surface area contributed by atoms with Crippen LogP contribution in [0.5, 0.6) is 0 Å². The molecule has 4 aliphatic carbocycles. The summed E-state index contributed by atoms with van der Waals surface area (Å²) in [5.74, 6) is 1.92. The monoisotopic (exact) mass is 543 g/mol. The van der Waals surface area contributed by atoms with Crippen molar-refractivity contribution in [2.45, 2.75) is 131 Å². The van der Waals surface area contributed by atoms with Crippen molar-refractivity contribution in [1.82, 2.24) is 4.90 Å². The van der Waals surface area contributed by atoms with E-state index in [0.717, 1.165) is 18.9 Å². The molecule has 222 valence electrons. The lowest BCUT2D eigenvalue weighted by Gasteiger charge is -2.73. The Balaban J connectivity index is 0.00000112. The van der Waals surface area contributed by atoms with Gasteiger partial charge in [0.05, 0.1) is 0 Å². The van der Waals surface area contributed by atoms with E-state index < -0.39 is 5.97 Å². The second-order valence-electron chi connectivity index (χ2n) is 15.3. The third-order valence-electron chi connectivity index (χ3n) is 13.6. The van der Waals surface area contributed by atoms with Crippen LogP contribution in [0.2, 0.25) is 0 Å². The summed E-state index contributed by atoms with van der Waals surface area (Å²) in [6.07, 6.45) is 15.0. The molecule has 1 amide bonds. The van der Waals surface area contributed by atoms with E-state index in [1.165, 1.54) is 57.8 Å². The summed E-state index contributed by atoms with van der Waals surface area (Å²) >= 11 is 0. The molecule has 5 fully saturated rings. The van der Waals surface area contributed by atoms with Crippen LogP contribution < -0.4 is 0 Å². The number of rotatable bonds is 5. The van der Waals surface area contributed by atoms with Crippen molar-refractivity contribution in [3.8, 4) is 0 Å². The Hall–Kier alpha value is -1.36. The highest BCUT2D eigenvalue weighted by Gasteiger charge is 2.69. The molecule has 1 aliphatic heterocycles. The number of fused-ring (bicyclic) bond motifs is 7. The molecule has 7 unspecified atom stereocenters. The van der Waals surface area contributed by atoms with Crippen molar-refractivity contribution < 1.29 is 19.8 Å². The quantitative estimate of drug-likeness (QED) is 0.353. The topological polar surface area (TPSA) is 77.8 Å². The van der Waals surface area contributed by atoms with E-state index in [0.29, 0.717) is 48.0 Å². The molecule has 5 aliphatic rings. The lowest BCUT2D eigenvalue weighted by atomic mass is 9.33. The summed E-state index contributed by atoms with van der Waals surface area (Å²) in [7, 11) is 0. The number of likely N-dealkylation sites (tertiary alicyclic amines) is 1. The van der Waals surface area contributed by atoms with E-state index in [-0.39, 0.29) is 28.7 Å². The maximum atomic E-state index is 13.2. The van der Waals surface area contributed by atoms with Gasteiger partial charge in [0.2, 0.25) is 5.91 Å². The van der Waals surface area contributed by atoms with Crippen LogP contribution in [-0.4, -0.2) is 45.7 Å². The molecule has 0 bridgehead atoms. The van der Waals surface area contributed by atoms with Crippen LogP contribution in [-0.2, 0) is 9.59 Å². The zero-order valence-electron chi connectivity index (χ0n) is 25.9. The van der Waals surface area contributed by atoms with Gasteiger partial charge >= 0.3 is 5.97 Å². The van der Waals surface area contributed by atoms with E-state index in [1.54, 1.807) is 6.08 Å². The average Bonchev–Trinajstić information content (AvgIpc) is 3.29. The van der Waals surface area contributed by atoms with Gasteiger partial charge in [-0.15, -0.1) is 6.58 Å². The van der Waals surface area contributed by atoms with Gasteiger partial charge < -0.3 is 15.1 Å². The minimum atomic E-state index is -0.819. The molecular weight excluding hydrogens is 486 g/mol. The van der Waals surface area contributed by atoms with Crippen molar-refractivity contribution in [3.63, 3.8) is 0 Å². The van der Waals surface area contributed by atoms with Gasteiger partial charge in [-0.1, -0.05) is 33.3 Å². The zero-order chi connectivity index (χ0) is 28.9. The molecule has 5 heteroatoms. The molecule has 5 rings (SSSR count). The Bertz CT molecular complexity index is 945. The Labute approximate surface area is 238 Å². The average molecular weight is 544 g/mol. The summed E-state index contributed by atoms with van der Waals surface area (Å²) in [6, 6.07) is 0. The number of carbonyl (C=O) groups excluding carboxylic acids is 1. The molecule has 0 spiro atoms. The Morgan fingerprint density at radius 1 is 0.872 bits per heavy atom. The van der Waals surface area contributed by atoms with Gasteiger partial charge in [0, 0.05) is 31.5 Å². The van der Waals surface area contributed by atoms with E-state index in [1.807, 2.05) is 6.92 Å². The molecule has 0 aromatic rings. The highest BCUT2D eigenvalue weighted by molar-refractivity contribution is 5.78. The summed E-state index contributed by atoms with van der Waals surface area (Å²) in [4.78, 5) is 26.3. The molecular formula is C34H57NO4. The first-order chi connectivity index (χ1) is 18.3. The van der Waals surface area contributed by atoms with Crippen molar-refractivity contribution in [2.75, 3.05) is 13.2 Å². The van der Waals surface area contributed by atoms with E-state index in [9.17, 15) is 14.7 Å². The molecule has 1 heterocycles. The van der Waals surface area contributed by atoms with Crippen LogP contribution in [0.1, 0.15) is 125 Å². The van der Waals surface area contributed by atoms with Gasteiger partial charge in [0.1, 0.15) is 0 Å². The SMILES string of the molecule is C=CC.CC12CCN(C(=O)CCCC(=O)O)C(C)(C)C1CCC1(C)C2CCC2C3CCCC3(CO)CC[C@]21C. The highest BCUT2D eigenvalue weighted by Crippen LogP contribution is 2.76. The largest absolute Gasteiger partial charge is 0.481 e. The highest BCUT2D eigenvalue weighted by atomic mass is 16.4. The second-order valence-corrected chi connectivity index (χ2v) is 15.3. The third-order valence-corrected chi connectivity index (χ3v) is 13.6. The van der Waals surface area contributed by atoms with Crippen molar-refractivity contribution in [2.24, 2.45) is 45.3 Å². The molecule has 0 aromatic heterocycles. The Morgan fingerprint density at radius 2 is 1.56 bits per heavy atom. The van der Waals surface area contributed by atoms with Gasteiger partial charge in [-0.25, -0.2) is 0 Å². The smallest absolute Gasteiger partial charge is 0.303 e. The van der Waals surface area contributed by atoms with Gasteiger partial charge in [0.15, 0.2) is 0 Å². The van der Waals surface area contributed by atoms with Crippen LogP contribution >= 0.6 is 0 Å². The second kappa shape index (κ2) is 10.8. The number of hydrogen-bond donors (Lipinski definition) is 2. The normalized spacial score (nSPS) is 44.0. The van der Waals surface area contributed by atoms with Crippen LogP contribution in [0.15, 0.2) is 12.7 Å². The fraction of sp³-hybridized carbons (Fsp3) is 0.882. The fourth-order valence-electron chi connectivity index (χ4n) is 11.7. The number of nitrogens with zero attached hydrogens (tertiary/aromatic N) is 1. The van der Waals surface area contributed by atoms with Crippen molar-refractivity contribution in [3.05, 3.63) is 12.7 Å². The Kier molecular flexibility index (Phi) is 8.47. The number of hydrogen-bond acceptors (Lipinski definition) is 3. The number of amides is 1. The van der Waals surface area contributed by atoms with E-state index in [2.05, 4.69) is 46.1 Å². The van der Waals surface area contributed by atoms with Crippen molar-refractivity contribution >= 4 is 11.9 Å². The third kappa shape index (κ3) is 4.61. The molecule has 4 saturated carbocycles. The molecule has 8 atom stereocenters. The lowest BCUT2D eigenvalue weighted by molar-refractivity contribution is -0.241. The van der Waals surface area contributed by atoms with Gasteiger partial charge in [0.25, 0.3) is 0 Å². The molecule has 5 nitrogen and oxygen atoms in total. The summed E-state index contributed by atoms with van der Waals surface area (Å²) in [5, 5.41) is 19.5. The number of aliphatic carboxylic acids is 1. The molecule has 0 radical (unpaired) electrons. The number of piperidine rings is 1. The minimum Gasteiger partial charge on any atom is -0.481 e. The van der Waals surface area contributed by atoms with Crippen LogP contribution in [0, 0.1) is 45.3 Å². The fourth-order valence-corrected chi connectivity index (χ4v) is 11.7. The number of carboxylic acid groups (broad SMARTS) is 1. The minimum absolute atomic E-state index is 0.0693. The Morgan fingerprint density at radius 3 is 2.21 bits per heavy atom. The first kappa shape index (κ1) is 30.6. The molecule has 1 saturated heterocycles. The van der Waals surface area contributed by atoms with Gasteiger partial charge in [-0.3, -0.25) is 9.59 Å². The summed E-state index contributed by atoms with van der Waals surface area (Å²) in [6.45, 7) is 18.9. The lowest BCUT2D eigenvalue weighted by Crippen LogP contribution is -2.70. The number of carbonyl (C=O) groups is 2. The van der Waals surface area contributed by atoms with Crippen LogP contribution in [0.4, 0.5) is 0 Å². The maximum Gasteiger partial charge on any atom is 0.303 e. The molecule has 39 heavy (non-hydrogen) atoms. The van der Waals surface area contributed by atoms with Crippen molar-refractivity contribution in [1.29, 1.82) is 0 Å². The molecule has 2 N–H and O–H groups in total. The first-order valence-corrected chi connectivity index (χ1v) is 16.0. The van der Waals surface area contributed by atoms with Gasteiger partial charge in [-0.05, 0) is 130 Å². The first-order valence-electron chi connectivity index (χ1n) is 16.0. The maximum absolute atomic E-state index is 13.2. The standard InChI is InChI=1S/C31H51NO4.C3H6/c1-27(2)23-13-15-30(5)24(28(23,3)18-19-32(27)25(34)9-6-10-26(35)36)12-11-21-22-8-7-14-31(22,20-33)17-16-29(21,30)4;1-3-2/h21-24,33H,6-20H2,1-5H3,(H,35,36);3H,1H2,2H3/t21?,22?,23?,24?,28?,29-,30?,31?;/m1./s1. The van der Waals surface area contributed by atoms with E-state index >= 15 is 0 Å². The number of aliphatic hydroxyl groups excluding tert-OH is 1. The predicted octanol–water partition coefficient (Wildman–Crippen LogP) is 7.47. The number of carboxylic acids is 1. The number of aliphatic hydroxyl groups is 1. The van der Waals surface area contributed by atoms with E-state index in [4.69, 9.17) is 5.11 Å². The molecule has 0 aromatic carbocycles. The summed E-state index contributed by atoms with van der Waals surface area (Å²) in [5.41, 5.74) is 0.878. The number of allylic oxidation sites excluding steroid dienone is 1. The van der Waals surface area contributed by atoms with Crippen LogP contribution in [0.25, 0.3) is 0 Å². The van der Waals surface area contributed by atoms with Crippen LogP contribution in [0.3, 0.4) is 0 Å². The predicted molar refractivity (Wildman–Crippen MR) is 157 cm³/mol.